The largest absolute Gasteiger partial charge is 0.376 e. The predicted molar refractivity (Wildman–Crippen MR) is 130 cm³/mol. The molecule has 10 heteroatoms. The van der Waals surface area contributed by atoms with Gasteiger partial charge in [0.15, 0.2) is 0 Å². The van der Waals surface area contributed by atoms with Crippen LogP contribution in [0.2, 0.25) is 0 Å². The van der Waals surface area contributed by atoms with Gasteiger partial charge in [0.25, 0.3) is 5.91 Å². The van der Waals surface area contributed by atoms with Crippen LogP contribution in [0.4, 0.5) is 8.78 Å². The summed E-state index contributed by atoms with van der Waals surface area (Å²) in [6.07, 6.45) is 4.26. The lowest BCUT2D eigenvalue weighted by Crippen LogP contribution is -2.33. The Morgan fingerprint density at radius 1 is 1.17 bits per heavy atom. The molecule has 0 saturated carbocycles. The molecule has 1 unspecified atom stereocenters. The molecule has 36 heavy (non-hydrogen) atoms. The van der Waals surface area contributed by atoms with E-state index in [4.69, 9.17) is 4.74 Å². The van der Waals surface area contributed by atoms with Crippen molar-refractivity contribution >= 4 is 15.7 Å². The lowest BCUT2D eigenvalue weighted by Gasteiger charge is -2.23. The highest BCUT2D eigenvalue weighted by molar-refractivity contribution is 7.90. The zero-order valence-corrected chi connectivity index (χ0v) is 20.5. The molecule has 1 saturated heterocycles. The first kappa shape index (κ1) is 25.7. The average Bonchev–Trinajstić information content (AvgIpc) is 3.51. The molecule has 7 nitrogen and oxygen atoms in total. The van der Waals surface area contributed by atoms with Gasteiger partial charge >= 0.3 is 0 Å². The summed E-state index contributed by atoms with van der Waals surface area (Å²) in [6, 6.07) is 11.3. The van der Waals surface area contributed by atoms with E-state index in [0.717, 1.165) is 12.8 Å². The standard InChI is InChI=1S/C26H27F2N3O4S/c1-2-13-30(25(32)22-10-4-6-12-24(22)28)16-20-15-29-26(31(20)17-21-9-7-14-35-21)36(33,34)18-19-8-3-5-11-23(19)27/h2-6,8,10-12,15,21H,1,7,9,13-14,16-18H2. The van der Waals surface area contributed by atoms with E-state index >= 15 is 0 Å². The molecule has 2 aromatic carbocycles. The molecule has 1 fully saturated rings. The van der Waals surface area contributed by atoms with Gasteiger partial charge in [-0.05, 0) is 31.0 Å². The molecule has 190 valence electrons. The average molecular weight is 516 g/mol. The number of carbonyl (C=O) groups excluding carboxylic acids is 1. The number of benzene rings is 2. The van der Waals surface area contributed by atoms with Crippen LogP contribution in [0.5, 0.6) is 0 Å². The minimum Gasteiger partial charge on any atom is -0.376 e. The van der Waals surface area contributed by atoms with Crippen molar-refractivity contribution in [3.05, 3.63) is 95.8 Å². The number of hydrogen-bond donors (Lipinski definition) is 0. The van der Waals surface area contributed by atoms with Gasteiger partial charge in [0.2, 0.25) is 15.0 Å². The normalized spacial score (nSPS) is 15.7. The first-order valence-electron chi connectivity index (χ1n) is 11.6. The quantitative estimate of drug-likeness (QED) is 0.379. The summed E-state index contributed by atoms with van der Waals surface area (Å²) in [5, 5.41) is -0.229. The summed E-state index contributed by atoms with van der Waals surface area (Å²) in [7, 11) is -4.04. The van der Waals surface area contributed by atoms with Gasteiger partial charge in [-0.2, -0.15) is 0 Å². The van der Waals surface area contributed by atoms with Crippen molar-refractivity contribution in [2.24, 2.45) is 0 Å². The van der Waals surface area contributed by atoms with Crippen LogP contribution >= 0.6 is 0 Å². The maximum absolute atomic E-state index is 14.3. The second kappa shape index (κ2) is 11.1. The summed E-state index contributed by atoms with van der Waals surface area (Å²) in [6.45, 7) is 4.53. The Morgan fingerprint density at radius 3 is 2.56 bits per heavy atom. The molecule has 0 spiro atoms. The Bertz CT molecular complexity index is 1350. The van der Waals surface area contributed by atoms with E-state index in [2.05, 4.69) is 11.6 Å². The van der Waals surface area contributed by atoms with Crippen LogP contribution in [0.3, 0.4) is 0 Å². The minimum atomic E-state index is -4.04. The van der Waals surface area contributed by atoms with Crippen molar-refractivity contribution in [1.29, 1.82) is 0 Å². The molecule has 0 bridgehead atoms. The van der Waals surface area contributed by atoms with Crippen molar-refractivity contribution < 1.29 is 26.7 Å². The fourth-order valence-electron chi connectivity index (χ4n) is 4.21. The first-order chi connectivity index (χ1) is 17.3. The van der Waals surface area contributed by atoms with Gasteiger partial charge in [-0.15, -0.1) is 6.58 Å². The maximum atomic E-state index is 14.3. The summed E-state index contributed by atoms with van der Waals surface area (Å²) in [5.41, 5.74) is 0.370. The molecule has 2 heterocycles. The summed E-state index contributed by atoms with van der Waals surface area (Å²) in [5.74, 6) is -2.40. The third-order valence-corrected chi connectivity index (χ3v) is 7.56. The summed E-state index contributed by atoms with van der Waals surface area (Å²) < 4.78 is 62.4. The molecule has 1 aliphatic rings. The zero-order valence-electron chi connectivity index (χ0n) is 19.6. The Balaban J connectivity index is 1.69. The number of imidazole rings is 1. The molecular formula is C26H27F2N3O4S. The highest BCUT2D eigenvalue weighted by Crippen LogP contribution is 2.24. The third-order valence-electron chi connectivity index (χ3n) is 5.99. The molecule has 0 radical (unpaired) electrons. The summed E-state index contributed by atoms with van der Waals surface area (Å²) in [4.78, 5) is 18.7. The number of rotatable bonds is 10. The Morgan fingerprint density at radius 2 is 1.89 bits per heavy atom. The lowest BCUT2D eigenvalue weighted by atomic mass is 10.1. The molecule has 3 aromatic rings. The Hall–Kier alpha value is -3.37. The SMILES string of the molecule is C=CCN(Cc1cnc(S(=O)(=O)Cc2ccccc2F)n1CC1CCCO1)C(=O)c1ccccc1F. The maximum Gasteiger partial charge on any atom is 0.257 e. The number of sulfone groups is 1. The van der Waals surface area contributed by atoms with Crippen molar-refractivity contribution in [2.75, 3.05) is 13.2 Å². The van der Waals surface area contributed by atoms with Crippen LogP contribution in [0.1, 0.15) is 34.5 Å². The van der Waals surface area contributed by atoms with Gasteiger partial charge < -0.3 is 14.2 Å². The van der Waals surface area contributed by atoms with Crippen LogP contribution < -0.4 is 0 Å². The lowest BCUT2D eigenvalue weighted by molar-refractivity contribution is 0.0747. The van der Waals surface area contributed by atoms with E-state index in [0.29, 0.717) is 12.3 Å². The zero-order chi connectivity index (χ0) is 25.7. The smallest absolute Gasteiger partial charge is 0.257 e. The van der Waals surface area contributed by atoms with Crippen LogP contribution in [0.25, 0.3) is 0 Å². The van der Waals surface area contributed by atoms with E-state index in [1.165, 1.54) is 58.1 Å². The molecular weight excluding hydrogens is 488 g/mol. The number of nitrogens with zero attached hydrogens (tertiary/aromatic N) is 3. The van der Waals surface area contributed by atoms with E-state index in [1.54, 1.807) is 12.1 Å². The predicted octanol–water partition coefficient (Wildman–Crippen LogP) is 4.14. The number of halogens is 2. The summed E-state index contributed by atoms with van der Waals surface area (Å²) >= 11 is 0. The molecule has 1 aliphatic heterocycles. The van der Waals surface area contributed by atoms with Gasteiger partial charge in [-0.3, -0.25) is 4.79 Å². The van der Waals surface area contributed by atoms with Crippen molar-refractivity contribution in [3.63, 3.8) is 0 Å². The van der Waals surface area contributed by atoms with Crippen molar-refractivity contribution in [2.45, 2.75) is 42.9 Å². The fraction of sp³-hybridized carbons (Fsp3) is 0.308. The minimum absolute atomic E-state index is 0.0336. The highest BCUT2D eigenvalue weighted by Gasteiger charge is 2.29. The van der Waals surface area contributed by atoms with Gasteiger partial charge in [0.05, 0.1) is 42.4 Å². The van der Waals surface area contributed by atoms with Crippen molar-refractivity contribution in [1.82, 2.24) is 14.5 Å². The third kappa shape index (κ3) is 5.71. The van der Waals surface area contributed by atoms with Gasteiger partial charge in [0, 0.05) is 18.7 Å². The molecule has 1 aromatic heterocycles. The number of ether oxygens (including phenoxy) is 1. The van der Waals surface area contributed by atoms with Gasteiger partial charge in [0.1, 0.15) is 11.6 Å². The molecule has 0 aliphatic carbocycles. The first-order valence-corrected chi connectivity index (χ1v) is 13.2. The van der Waals surface area contributed by atoms with Crippen LogP contribution in [-0.2, 0) is 33.4 Å². The molecule has 1 amide bonds. The molecule has 0 N–H and O–H groups in total. The number of aromatic nitrogens is 2. The number of hydrogen-bond acceptors (Lipinski definition) is 5. The van der Waals surface area contributed by atoms with Gasteiger partial charge in [-0.25, -0.2) is 22.2 Å². The van der Waals surface area contributed by atoms with Crippen molar-refractivity contribution in [3.8, 4) is 0 Å². The second-order valence-corrected chi connectivity index (χ2v) is 10.5. The monoisotopic (exact) mass is 515 g/mol. The van der Waals surface area contributed by atoms with E-state index in [1.807, 2.05) is 0 Å². The Labute approximate surface area is 208 Å². The van der Waals surface area contributed by atoms with Crippen LogP contribution in [0.15, 0.2) is 72.5 Å². The van der Waals surface area contributed by atoms with Crippen LogP contribution in [-0.4, -0.2) is 48.0 Å². The Kier molecular flexibility index (Phi) is 7.95. The highest BCUT2D eigenvalue weighted by atomic mass is 32.2. The van der Waals surface area contributed by atoms with Crippen LogP contribution in [0, 0.1) is 11.6 Å². The second-order valence-electron chi connectivity index (χ2n) is 8.58. The van der Waals surface area contributed by atoms with E-state index in [9.17, 15) is 22.0 Å². The number of carbonyl (C=O) groups is 1. The van der Waals surface area contributed by atoms with E-state index in [-0.39, 0.29) is 42.0 Å². The van der Waals surface area contributed by atoms with E-state index < -0.39 is 33.1 Å². The molecule has 1 atom stereocenters. The number of amides is 1. The van der Waals surface area contributed by atoms with Gasteiger partial charge in [-0.1, -0.05) is 36.4 Å². The topological polar surface area (TPSA) is 81.5 Å². The molecule has 4 rings (SSSR count). The fourth-order valence-corrected chi connectivity index (χ4v) is 5.73.